The number of aromatic nitrogens is 3. The van der Waals surface area contributed by atoms with Crippen molar-refractivity contribution >= 4 is 29.9 Å². The zero-order valence-corrected chi connectivity index (χ0v) is 13.9. The summed E-state index contributed by atoms with van der Waals surface area (Å²) in [6, 6.07) is 0.273. The van der Waals surface area contributed by atoms with Gasteiger partial charge in [0.2, 0.25) is 5.91 Å². The fraction of sp³-hybridized carbons (Fsp3) is 0.769. The first kappa shape index (κ1) is 15.6. The number of aromatic amines is 1. The fourth-order valence-corrected chi connectivity index (χ4v) is 4.07. The number of carbonyl (C=O) groups excluding carboxylic acids is 1. The van der Waals surface area contributed by atoms with Crippen molar-refractivity contribution in [3.8, 4) is 0 Å². The minimum atomic E-state index is -0.247. The van der Waals surface area contributed by atoms with Crippen molar-refractivity contribution in [2.45, 2.75) is 50.8 Å². The molecule has 0 unspecified atom stereocenters. The van der Waals surface area contributed by atoms with Gasteiger partial charge in [-0.05, 0) is 51.6 Å². The Kier molecular flexibility index (Phi) is 4.90. The smallest absolute Gasteiger partial charge is 0.235 e. The van der Waals surface area contributed by atoms with Gasteiger partial charge < -0.3 is 9.88 Å². The van der Waals surface area contributed by atoms with Crippen LogP contribution >= 0.6 is 24.0 Å². The Labute approximate surface area is 128 Å². The van der Waals surface area contributed by atoms with E-state index in [9.17, 15) is 4.79 Å². The summed E-state index contributed by atoms with van der Waals surface area (Å²) in [5.74, 6) is 2.12. The van der Waals surface area contributed by atoms with Crippen molar-refractivity contribution in [1.29, 1.82) is 0 Å². The molecular formula is C13H22N4OS2. The Hall–Kier alpha value is -0.820. The van der Waals surface area contributed by atoms with Crippen molar-refractivity contribution in [3.05, 3.63) is 10.6 Å². The SMILES string of the molecule is CC(C)n1c(CCNC(=O)[C@@]2(C)CCCS2)n[nH]c1=S. The van der Waals surface area contributed by atoms with Gasteiger partial charge in [-0.25, -0.2) is 0 Å². The zero-order valence-electron chi connectivity index (χ0n) is 12.2. The lowest BCUT2D eigenvalue weighted by Gasteiger charge is -2.21. The van der Waals surface area contributed by atoms with E-state index in [1.165, 1.54) is 0 Å². The molecule has 1 aliphatic heterocycles. The summed E-state index contributed by atoms with van der Waals surface area (Å²) in [6.45, 7) is 6.78. The first-order valence-corrected chi connectivity index (χ1v) is 8.41. The molecule has 1 aromatic rings. The number of nitrogens with zero attached hydrogens (tertiary/aromatic N) is 2. The van der Waals surface area contributed by atoms with Crippen molar-refractivity contribution in [2.75, 3.05) is 12.3 Å². The molecule has 7 heteroatoms. The molecule has 0 bridgehead atoms. The van der Waals surface area contributed by atoms with Crippen LogP contribution in [-0.2, 0) is 11.2 Å². The van der Waals surface area contributed by atoms with Crippen molar-refractivity contribution in [2.24, 2.45) is 0 Å². The molecule has 0 aromatic carbocycles. The van der Waals surface area contributed by atoms with Crippen LogP contribution < -0.4 is 5.32 Å². The van der Waals surface area contributed by atoms with Crippen LogP contribution in [0.4, 0.5) is 0 Å². The van der Waals surface area contributed by atoms with Gasteiger partial charge >= 0.3 is 0 Å². The standard InChI is InChI=1S/C13H22N4OS2/c1-9(2)17-10(15-16-12(17)19)5-7-14-11(18)13(3)6-4-8-20-13/h9H,4-8H2,1-3H3,(H,14,18)(H,16,19)/t13-/m1/s1. The van der Waals surface area contributed by atoms with E-state index in [4.69, 9.17) is 12.2 Å². The van der Waals surface area contributed by atoms with Gasteiger partial charge in [0.1, 0.15) is 5.82 Å². The molecule has 1 aromatic heterocycles. The van der Waals surface area contributed by atoms with E-state index in [1.807, 2.05) is 11.5 Å². The molecule has 2 rings (SSSR count). The van der Waals surface area contributed by atoms with Gasteiger partial charge in [-0.15, -0.1) is 11.8 Å². The number of carbonyl (C=O) groups is 1. The number of hydrogen-bond donors (Lipinski definition) is 2. The zero-order chi connectivity index (χ0) is 14.8. The van der Waals surface area contributed by atoms with Gasteiger partial charge in [-0.2, -0.15) is 5.10 Å². The highest BCUT2D eigenvalue weighted by Crippen LogP contribution is 2.37. The third-order valence-electron chi connectivity index (χ3n) is 3.63. The van der Waals surface area contributed by atoms with E-state index >= 15 is 0 Å². The molecule has 112 valence electrons. The molecule has 0 radical (unpaired) electrons. The maximum Gasteiger partial charge on any atom is 0.235 e. The summed E-state index contributed by atoms with van der Waals surface area (Å²) in [5.41, 5.74) is 0. The lowest BCUT2D eigenvalue weighted by molar-refractivity contribution is -0.123. The van der Waals surface area contributed by atoms with E-state index in [-0.39, 0.29) is 16.7 Å². The number of H-pyrrole nitrogens is 1. The van der Waals surface area contributed by atoms with Gasteiger partial charge in [0.15, 0.2) is 4.77 Å². The number of thioether (sulfide) groups is 1. The summed E-state index contributed by atoms with van der Waals surface area (Å²) in [5, 5.41) is 10.1. The lowest BCUT2D eigenvalue weighted by Crippen LogP contribution is -2.41. The van der Waals surface area contributed by atoms with E-state index in [0.717, 1.165) is 24.4 Å². The average molecular weight is 314 g/mol. The van der Waals surface area contributed by atoms with Crippen LogP contribution in [0.3, 0.4) is 0 Å². The number of nitrogens with one attached hydrogen (secondary N) is 2. The molecular weight excluding hydrogens is 292 g/mol. The van der Waals surface area contributed by atoms with Gasteiger partial charge in [0, 0.05) is 19.0 Å². The average Bonchev–Trinajstić information content (AvgIpc) is 2.97. The first-order chi connectivity index (χ1) is 9.44. The van der Waals surface area contributed by atoms with E-state index < -0.39 is 0 Å². The minimum Gasteiger partial charge on any atom is -0.354 e. The Morgan fingerprint density at radius 3 is 3.00 bits per heavy atom. The number of rotatable bonds is 5. The predicted octanol–water partition coefficient (Wildman–Crippen LogP) is 2.47. The van der Waals surface area contributed by atoms with E-state index in [1.54, 1.807) is 11.8 Å². The number of amides is 1. The van der Waals surface area contributed by atoms with Crippen LogP contribution in [0.1, 0.15) is 45.5 Å². The summed E-state index contributed by atoms with van der Waals surface area (Å²) in [7, 11) is 0. The highest BCUT2D eigenvalue weighted by atomic mass is 32.2. The van der Waals surface area contributed by atoms with Crippen molar-refractivity contribution in [1.82, 2.24) is 20.1 Å². The Morgan fingerprint density at radius 1 is 1.65 bits per heavy atom. The highest BCUT2D eigenvalue weighted by molar-refractivity contribution is 8.01. The lowest BCUT2D eigenvalue weighted by atomic mass is 10.1. The van der Waals surface area contributed by atoms with Crippen molar-refractivity contribution < 1.29 is 4.79 Å². The van der Waals surface area contributed by atoms with E-state index in [2.05, 4.69) is 29.4 Å². The number of hydrogen-bond acceptors (Lipinski definition) is 4. The molecule has 0 saturated carbocycles. The van der Waals surface area contributed by atoms with Gasteiger partial charge in [0.25, 0.3) is 0 Å². The maximum atomic E-state index is 12.2. The summed E-state index contributed by atoms with van der Waals surface area (Å²) in [4.78, 5) is 12.2. The quantitative estimate of drug-likeness (QED) is 0.820. The monoisotopic (exact) mass is 314 g/mol. The first-order valence-electron chi connectivity index (χ1n) is 7.02. The van der Waals surface area contributed by atoms with Crippen LogP contribution in [0.5, 0.6) is 0 Å². The molecule has 20 heavy (non-hydrogen) atoms. The van der Waals surface area contributed by atoms with Gasteiger partial charge in [0.05, 0.1) is 4.75 Å². The Bertz CT molecular complexity index is 529. The molecule has 5 nitrogen and oxygen atoms in total. The summed E-state index contributed by atoms with van der Waals surface area (Å²) >= 11 is 6.97. The molecule has 0 spiro atoms. The topological polar surface area (TPSA) is 62.7 Å². The maximum absolute atomic E-state index is 12.2. The molecule has 2 heterocycles. The molecule has 1 fully saturated rings. The van der Waals surface area contributed by atoms with Gasteiger partial charge in [-0.3, -0.25) is 9.89 Å². The van der Waals surface area contributed by atoms with Crippen molar-refractivity contribution in [3.63, 3.8) is 0 Å². The van der Waals surface area contributed by atoms with Crippen LogP contribution in [0.25, 0.3) is 0 Å². The summed E-state index contributed by atoms with van der Waals surface area (Å²) in [6.07, 6.45) is 2.78. The Morgan fingerprint density at radius 2 is 2.40 bits per heavy atom. The summed E-state index contributed by atoms with van der Waals surface area (Å²) < 4.78 is 2.38. The van der Waals surface area contributed by atoms with Crippen LogP contribution in [-0.4, -0.2) is 37.7 Å². The highest BCUT2D eigenvalue weighted by Gasteiger charge is 2.36. The van der Waals surface area contributed by atoms with Crippen LogP contribution in [0, 0.1) is 4.77 Å². The predicted molar refractivity (Wildman–Crippen MR) is 84.6 cm³/mol. The fourth-order valence-electron chi connectivity index (χ4n) is 2.48. The second-order valence-corrected chi connectivity index (χ2v) is 7.58. The Balaban J connectivity index is 1.90. The molecule has 2 N–H and O–H groups in total. The third-order valence-corrected chi connectivity index (χ3v) is 5.43. The van der Waals surface area contributed by atoms with Crippen LogP contribution in [0.2, 0.25) is 0 Å². The minimum absolute atomic E-state index is 0.144. The second kappa shape index (κ2) is 6.30. The van der Waals surface area contributed by atoms with Crippen LogP contribution in [0.15, 0.2) is 0 Å². The third kappa shape index (κ3) is 3.25. The molecule has 1 saturated heterocycles. The van der Waals surface area contributed by atoms with E-state index in [0.29, 0.717) is 17.7 Å². The normalized spacial score (nSPS) is 22.4. The van der Waals surface area contributed by atoms with Gasteiger partial charge in [-0.1, -0.05) is 0 Å². The second-order valence-electron chi connectivity index (χ2n) is 5.60. The molecule has 1 atom stereocenters. The molecule has 1 amide bonds. The molecule has 1 aliphatic rings. The largest absolute Gasteiger partial charge is 0.354 e. The molecule has 0 aliphatic carbocycles.